The Balaban J connectivity index is 2.36. The molecule has 0 aromatic heterocycles. The van der Waals surface area contributed by atoms with E-state index in [1.54, 1.807) is 22.5 Å². The predicted octanol–water partition coefficient (Wildman–Crippen LogP) is 2.89. The van der Waals surface area contributed by atoms with Crippen molar-refractivity contribution in [3.63, 3.8) is 0 Å². The quantitative estimate of drug-likeness (QED) is 0.812. The molecule has 0 amide bonds. The van der Waals surface area contributed by atoms with E-state index in [9.17, 15) is 13.5 Å². The van der Waals surface area contributed by atoms with Crippen molar-refractivity contribution in [1.82, 2.24) is 4.31 Å². The van der Waals surface area contributed by atoms with Crippen LogP contribution in [0.1, 0.15) is 38.2 Å². The van der Waals surface area contributed by atoms with Gasteiger partial charge in [-0.25, -0.2) is 8.42 Å². The fourth-order valence-corrected chi connectivity index (χ4v) is 4.85. The van der Waals surface area contributed by atoms with Gasteiger partial charge in [0.05, 0.1) is 11.5 Å². The molecule has 0 atom stereocenters. The first kappa shape index (κ1) is 15.9. The van der Waals surface area contributed by atoms with Gasteiger partial charge in [0, 0.05) is 17.1 Å². The minimum absolute atomic E-state index is 0.149. The van der Waals surface area contributed by atoms with Crippen LogP contribution in [0.3, 0.4) is 0 Å². The maximum atomic E-state index is 12.8. The number of sulfonamides is 1. The number of rotatable bonds is 7. The zero-order valence-corrected chi connectivity index (χ0v) is 14.0. The van der Waals surface area contributed by atoms with Crippen LogP contribution >= 0.6 is 15.9 Å². The summed E-state index contributed by atoms with van der Waals surface area (Å²) < 4.78 is 27.8. The van der Waals surface area contributed by atoms with Crippen molar-refractivity contribution < 1.29 is 13.5 Å². The number of unbranched alkanes of at least 4 members (excludes halogenated alkanes) is 1. The first-order valence-electron chi connectivity index (χ1n) is 6.91. The van der Waals surface area contributed by atoms with E-state index < -0.39 is 10.0 Å². The molecule has 6 heteroatoms. The van der Waals surface area contributed by atoms with E-state index in [0.29, 0.717) is 16.6 Å². The Labute approximate surface area is 129 Å². The summed E-state index contributed by atoms with van der Waals surface area (Å²) in [7, 11) is -3.50. The first-order chi connectivity index (χ1) is 9.50. The number of benzene rings is 1. The summed E-state index contributed by atoms with van der Waals surface area (Å²) in [6.45, 7) is 2.47. The lowest BCUT2D eigenvalue weighted by Gasteiger charge is -2.22. The monoisotopic (exact) mass is 361 g/mol. The van der Waals surface area contributed by atoms with Gasteiger partial charge >= 0.3 is 0 Å². The van der Waals surface area contributed by atoms with Gasteiger partial charge < -0.3 is 5.11 Å². The number of nitrogens with zero attached hydrogens (tertiary/aromatic N) is 1. The van der Waals surface area contributed by atoms with Crippen molar-refractivity contribution in [1.29, 1.82) is 0 Å². The van der Waals surface area contributed by atoms with Gasteiger partial charge in [0.15, 0.2) is 0 Å². The van der Waals surface area contributed by atoms with Crippen molar-refractivity contribution in [2.75, 3.05) is 6.54 Å². The van der Waals surface area contributed by atoms with Gasteiger partial charge in [-0.1, -0.05) is 19.4 Å². The summed E-state index contributed by atoms with van der Waals surface area (Å²) in [6.07, 6.45) is 3.73. The lowest BCUT2D eigenvalue weighted by Crippen LogP contribution is -2.34. The molecule has 1 aromatic carbocycles. The smallest absolute Gasteiger partial charge is 0.244 e. The number of hydrogen-bond acceptors (Lipinski definition) is 3. The molecule has 1 N–H and O–H groups in total. The average Bonchev–Trinajstić information content (AvgIpc) is 3.24. The lowest BCUT2D eigenvalue weighted by atomic mass is 10.2. The van der Waals surface area contributed by atoms with E-state index in [2.05, 4.69) is 22.9 Å². The molecule has 0 aliphatic heterocycles. The van der Waals surface area contributed by atoms with Gasteiger partial charge in [-0.15, -0.1) is 0 Å². The average molecular weight is 362 g/mol. The third-order valence-electron chi connectivity index (χ3n) is 3.45. The van der Waals surface area contributed by atoms with Gasteiger partial charge in [0.1, 0.15) is 0 Å². The SMILES string of the molecule is CCCCN(C1CC1)S(=O)(=O)c1cc(CO)ccc1Br. The third-order valence-corrected chi connectivity index (χ3v) is 6.40. The van der Waals surface area contributed by atoms with E-state index in [1.165, 1.54) is 0 Å². The highest BCUT2D eigenvalue weighted by atomic mass is 79.9. The Bertz CT molecular complexity index is 570. The van der Waals surface area contributed by atoms with Crippen molar-refractivity contribution in [3.05, 3.63) is 28.2 Å². The highest BCUT2D eigenvalue weighted by Crippen LogP contribution is 2.35. The van der Waals surface area contributed by atoms with Crippen molar-refractivity contribution in [2.45, 2.75) is 50.2 Å². The number of hydrogen-bond donors (Lipinski definition) is 1. The molecule has 1 saturated carbocycles. The maximum absolute atomic E-state index is 12.8. The molecular weight excluding hydrogens is 342 g/mol. The first-order valence-corrected chi connectivity index (χ1v) is 9.15. The molecule has 1 aromatic rings. The summed E-state index contributed by atoms with van der Waals surface area (Å²) in [5.41, 5.74) is 0.609. The molecule has 4 nitrogen and oxygen atoms in total. The zero-order chi connectivity index (χ0) is 14.8. The highest BCUT2D eigenvalue weighted by molar-refractivity contribution is 9.10. The van der Waals surface area contributed by atoms with E-state index in [-0.39, 0.29) is 17.5 Å². The Hall–Kier alpha value is -0.430. The van der Waals surface area contributed by atoms with Gasteiger partial charge in [-0.2, -0.15) is 4.31 Å². The third kappa shape index (κ3) is 3.42. The van der Waals surface area contributed by atoms with Crippen LogP contribution in [0.25, 0.3) is 0 Å². The van der Waals surface area contributed by atoms with Crippen LogP contribution in [0.2, 0.25) is 0 Å². The summed E-state index contributed by atoms with van der Waals surface area (Å²) in [5.74, 6) is 0. The predicted molar refractivity (Wildman–Crippen MR) is 81.9 cm³/mol. The van der Waals surface area contributed by atoms with Crippen LogP contribution in [0.5, 0.6) is 0 Å². The molecule has 20 heavy (non-hydrogen) atoms. The molecule has 0 unspecified atom stereocenters. The van der Waals surface area contributed by atoms with Crippen LogP contribution in [0.15, 0.2) is 27.6 Å². The molecule has 0 heterocycles. The summed E-state index contributed by atoms with van der Waals surface area (Å²) in [6, 6.07) is 5.11. The number of aliphatic hydroxyl groups is 1. The Morgan fingerprint density at radius 3 is 2.65 bits per heavy atom. The maximum Gasteiger partial charge on any atom is 0.244 e. The molecule has 1 fully saturated rings. The largest absolute Gasteiger partial charge is 0.392 e. The molecule has 0 saturated heterocycles. The van der Waals surface area contributed by atoms with Gasteiger partial charge in [0.2, 0.25) is 10.0 Å². The lowest BCUT2D eigenvalue weighted by molar-refractivity contribution is 0.281. The summed E-state index contributed by atoms with van der Waals surface area (Å²) >= 11 is 3.31. The van der Waals surface area contributed by atoms with E-state index in [4.69, 9.17) is 0 Å². The fraction of sp³-hybridized carbons (Fsp3) is 0.571. The van der Waals surface area contributed by atoms with Crippen LogP contribution < -0.4 is 0 Å². The number of aliphatic hydroxyl groups excluding tert-OH is 1. The fourth-order valence-electron chi connectivity index (χ4n) is 2.15. The molecule has 1 aliphatic carbocycles. The summed E-state index contributed by atoms with van der Waals surface area (Å²) in [5, 5.41) is 9.20. The minimum Gasteiger partial charge on any atom is -0.392 e. The molecule has 1 aliphatic rings. The van der Waals surface area contributed by atoms with Gasteiger partial charge in [-0.05, 0) is 52.9 Å². The second kappa shape index (κ2) is 6.56. The topological polar surface area (TPSA) is 57.6 Å². The minimum atomic E-state index is -3.50. The van der Waals surface area contributed by atoms with E-state index >= 15 is 0 Å². The van der Waals surface area contributed by atoms with Gasteiger partial charge in [-0.3, -0.25) is 0 Å². The number of halogens is 1. The summed E-state index contributed by atoms with van der Waals surface area (Å²) in [4.78, 5) is 0.257. The Kier molecular flexibility index (Phi) is 5.23. The second-order valence-corrected chi connectivity index (χ2v) is 7.84. The highest BCUT2D eigenvalue weighted by Gasteiger charge is 2.38. The van der Waals surface area contributed by atoms with Crippen LogP contribution in [-0.2, 0) is 16.6 Å². The molecule has 0 bridgehead atoms. The van der Waals surface area contributed by atoms with Crippen molar-refractivity contribution in [3.8, 4) is 0 Å². The molecule has 112 valence electrons. The van der Waals surface area contributed by atoms with Crippen LogP contribution in [-0.4, -0.2) is 30.4 Å². The van der Waals surface area contributed by atoms with Crippen LogP contribution in [0.4, 0.5) is 0 Å². The zero-order valence-electron chi connectivity index (χ0n) is 11.5. The molecule has 2 rings (SSSR count). The standard InChI is InChI=1S/C14H20BrNO3S/c1-2-3-8-16(12-5-6-12)20(18,19)14-9-11(10-17)4-7-13(14)15/h4,7,9,12,17H,2-3,5-6,8,10H2,1H3. The van der Waals surface area contributed by atoms with Crippen LogP contribution in [0, 0.1) is 0 Å². The Morgan fingerprint density at radius 2 is 2.10 bits per heavy atom. The van der Waals surface area contributed by atoms with Gasteiger partial charge in [0.25, 0.3) is 0 Å². The van der Waals surface area contributed by atoms with E-state index in [0.717, 1.165) is 25.7 Å². The molecule has 0 spiro atoms. The second-order valence-electron chi connectivity index (χ2n) is 5.12. The normalized spacial score (nSPS) is 15.8. The van der Waals surface area contributed by atoms with Crippen molar-refractivity contribution in [2.24, 2.45) is 0 Å². The van der Waals surface area contributed by atoms with Crippen molar-refractivity contribution >= 4 is 26.0 Å². The van der Waals surface area contributed by atoms with E-state index in [1.807, 2.05) is 0 Å². The molecule has 0 radical (unpaired) electrons. The Morgan fingerprint density at radius 1 is 1.40 bits per heavy atom. The molecular formula is C14H20BrNO3S.